The van der Waals surface area contributed by atoms with E-state index in [0.717, 1.165) is 6.42 Å². The molecule has 2 unspecified atom stereocenters. The van der Waals surface area contributed by atoms with Crippen LogP contribution in [-0.4, -0.2) is 22.5 Å². The molecule has 3 N–H and O–H groups in total. The van der Waals surface area contributed by atoms with Crippen molar-refractivity contribution in [2.45, 2.75) is 36.0 Å². The normalized spacial score (nSPS) is 16.2. The van der Waals surface area contributed by atoms with Crippen LogP contribution < -0.4 is 5.73 Å². The van der Waals surface area contributed by atoms with Crippen molar-refractivity contribution < 1.29 is 5.11 Å². The summed E-state index contributed by atoms with van der Waals surface area (Å²) in [5, 5.41) is 12.1. The number of aliphatic hydroxyl groups excluding tert-OH is 1. The summed E-state index contributed by atoms with van der Waals surface area (Å²) in [6.45, 7) is 4.07. The third kappa shape index (κ3) is 3.96. The standard InChI is InChI=1S/C16H21NOS/c1-12(10-16(2,17)11-18)19-15-8-7-13-5-3-4-6-14(13)9-15/h3-9,12,18H,10-11,17H2,1-2H3. The molecule has 2 atom stereocenters. The first-order chi connectivity index (χ1) is 9.00. The highest BCUT2D eigenvalue weighted by atomic mass is 32.2. The van der Waals surface area contributed by atoms with Crippen LogP contribution in [-0.2, 0) is 0 Å². The third-order valence-corrected chi connectivity index (χ3v) is 4.27. The predicted octanol–water partition coefficient (Wildman–Crippen LogP) is 3.42. The van der Waals surface area contributed by atoms with Crippen molar-refractivity contribution >= 4 is 22.5 Å². The molecular formula is C16H21NOS. The van der Waals surface area contributed by atoms with Gasteiger partial charge in [0.2, 0.25) is 0 Å². The molecule has 2 aromatic rings. The van der Waals surface area contributed by atoms with E-state index in [0.29, 0.717) is 5.25 Å². The highest BCUT2D eigenvalue weighted by Gasteiger charge is 2.21. The average molecular weight is 275 g/mol. The molecule has 102 valence electrons. The Morgan fingerprint density at radius 3 is 2.58 bits per heavy atom. The maximum Gasteiger partial charge on any atom is 0.0608 e. The molecule has 0 saturated heterocycles. The van der Waals surface area contributed by atoms with Crippen molar-refractivity contribution in [3.8, 4) is 0 Å². The molecule has 2 aromatic carbocycles. The van der Waals surface area contributed by atoms with E-state index in [9.17, 15) is 5.11 Å². The van der Waals surface area contributed by atoms with Crippen LogP contribution in [0.4, 0.5) is 0 Å². The first-order valence-corrected chi connectivity index (χ1v) is 7.43. The minimum Gasteiger partial charge on any atom is -0.394 e. The Morgan fingerprint density at radius 2 is 1.89 bits per heavy atom. The number of aliphatic hydroxyl groups is 1. The van der Waals surface area contributed by atoms with Crippen LogP contribution in [0.25, 0.3) is 10.8 Å². The zero-order valence-electron chi connectivity index (χ0n) is 11.5. The summed E-state index contributed by atoms with van der Waals surface area (Å²) in [5.41, 5.74) is 5.50. The smallest absolute Gasteiger partial charge is 0.0608 e. The maximum absolute atomic E-state index is 9.22. The van der Waals surface area contributed by atoms with E-state index in [1.807, 2.05) is 18.7 Å². The summed E-state index contributed by atoms with van der Waals surface area (Å²) in [5.74, 6) is 0. The molecule has 0 aliphatic heterocycles. The maximum atomic E-state index is 9.22. The lowest BCUT2D eigenvalue weighted by Gasteiger charge is -2.25. The fourth-order valence-electron chi connectivity index (χ4n) is 2.24. The lowest BCUT2D eigenvalue weighted by atomic mass is 9.99. The molecule has 0 fully saturated rings. The third-order valence-electron chi connectivity index (χ3n) is 3.17. The van der Waals surface area contributed by atoms with Crippen molar-refractivity contribution in [3.63, 3.8) is 0 Å². The molecule has 0 spiro atoms. The Kier molecular flexibility index (Phi) is 4.50. The summed E-state index contributed by atoms with van der Waals surface area (Å²) < 4.78 is 0. The summed E-state index contributed by atoms with van der Waals surface area (Å²) in [7, 11) is 0. The summed E-state index contributed by atoms with van der Waals surface area (Å²) in [6, 6.07) is 14.9. The number of fused-ring (bicyclic) bond motifs is 1. The van der Waals surface area contributed by atoms with Crippen LogP contribution in [0.2, 0.25) is 0 Å². The van der Waals surface area contributed by atoms with E-state index < -0.39 is 5.54 Å². The van der Waals surface area contributed by atoms with Crippen molar-refractivity contribution in [2.24, 2.45) is 5.73 Å². The van der Waals surface area contributed by atoms with Gasteiger partial charge in [0.15, 0.2) is 0 Å². The zero-order valence-corrected chi connectivity index (χ0v) is 12.3. The quantitative estimate of drug-likeness (QED) is 0.822. The molecule has 0 heterocycles. The van der Waals surface area contributed by atoms with Crippen LogP contribution in [0.3, 0.4) is 0 Å². The second-order valence-electron chi connectivity index (χ2n) is 5.45. The highest BCUT2D eigenvalue weighted by Crippen LogP contribution is 2.30. The topological polar surface area (TPSA) is 46.2 Å². The number of benzene rings is 2. The Labute approximate surface area is 119 Å². The Bertz CT molecular complexity index is 553. The first kappa shape index (κ1) is 14.4. The molecule has 19 heavy (non-hydrogen) atoms. The number of hydrogen-bond acceptors (Lipinski definition) is 3. The van der Waals surface area contributed by atoms with Gasteiger partial charge in [-0.25, -0.2) is 0 Å². The Hall–Kier alpha value is -1.03. The fraction of sp³-hybridized carbons (Fsp3) is 0.375. The van der Waals surface area contributed by atoms with Gasteiger partial charge >= 0.3 is 0 Å². The summed E-state index contributed by atoms with van der Waals surface area (Å²) >= 11 is 1.81. The van der Waals surface area contributed by atoms with E-state index in [-0.39, 0.29) is 6.61 Å². The molecule has 0 aromatic heterocycles. The number of rotatable bonds is 5. The van der Waals surface area contributed by atoms with E-state index in [1.165, 1.54) is 15.7 Å². The van der Waals surface area contributed by atoms with Crippen molar-refractivity contribution in [1.29, 1.82) is 0 Å². The SMILES string of the molecule is CC(CC(C)(N)CO)Sc1ccc2ccccc2c1. The molecule has 0 aliphatic rings. The molecule has 2 nitrogen and oxygen atoms in total. The molecule has 3 heteroatoms. The van der Waals surface area contributed by atoms with Crippen LogP contribution in [0.1, 0.15) is 20.3 Å². The molecule has 2 rings (SSSR count). The van der Waals surface area contributed by atoms with Crippen LogP contribution in [0.15, 0.2) is 47.4 Å². The number of nitrogens with two attached hydrogens (primary N) is 1. The molecule has 0 saturated carbocycles. The van der Waals surface area contributed by atoms with Crippen LogP contribution in [0.5, 0.6) is 0 Å². The van der Waals surface area contributed by atoms with Gasteiger partial charge in [-0.05, 0) is 36.2 Å². The number of thioether (sulfide) groups is 1. The predicted molar refractivity (Wildman–Crippen MR) is 83.6 cm³/mol. The lowest BCUT2D eigenvalue weighted by molar-refractivity contribution is 0.201. The van der Waals surface area contributed by atoms with Crippen LogP contribution >= 0.6 is 11.8 Å². The largest absolute Gasteiger partial charge is 0.394 e. The van der Waals surface area contributed by atoms with Gasteiger partial charge in [-0.3, -0.25) is 0 Å². The van der Waals surface area contributed by atoms with Gasteiger partial charge in [-0.15, -0.1) is 11.8 Å². The lowest BCUT2D eigenvalue weighted by Crippen LogP contribution is -2.42. The minimum atomic E-state index is -0.497. The minimum absolute atomic E-state index is 0.0234. The second kappa shape index (κ2) is 5.95. The summed E-state index contributed by atoms with van der Waals surface area (Å²) in [6.07, 6.45) is 0.793. The van der Waals surface area contributed by atoms with Crippen molar-refractivity contribution in [1.82, 2.24) is 0 Å². The molecule has 0 bridgehead atoms. The molecule has 0 radical (unpaired) electrons. The molecule has 0 aliphatic carbocycles. The van der Waals surface area contributed by atoms with Gasteiger partial charge in [0.1, 0.15) is 0 Å². The fourth-order valence-corrected chi connectivity index (χ4v) is 3.51. The van der Waals surface area contributed by atoms with Gasteiger partial charge < -0.3 is 10.8 Å². The first-order valence-electron chi connectivity index (χ1n) is 6.55. The van der Waals surface area contributed by atoms with E-state index in [4.69, 9.17) is 5.73 Å². The molecule has 0 amide bonds. The van der Waals surface area contributed by atoms with Crippen LogP contribution in [0, 0.1) is 0 Å². The van der Waals surface area contributed by atoms with Gasteiger partial charge in [0.25, 0.3) is 0 Å². The number of hydrogen-bond donors (Lipinski definition) is 2. The summed E-state index contributed by atoms with van der Waals surface area (Å²) in [4.78, 5) is 1.25. The highest BCUT2D eigenvalue weighted by molar-refractivity contribution is 8.00. The van der Waals surface area contributed by atoms with E-state index >= 15 is 0 Å². The molecular weight excluding hydrogens is 254 g/mol. The van der Waals surface area contributed by atoms with E-state index in [1.54, 1.807) is 0 Å². The van der Waals surface area contributed by atoms with Crippen molar-refractivity contribution in [3.05, 3.63) is 42.5 Å². The van der Waals surface area contributed by atoms with Crippen molar-refractivity contribution in [2.75, 3.05) is 6.61 Å². The average Bonchev–Trinajstić information content (AvgIpc) is 2.38. The Balaban J connectivity index is 2.08. The monoisotopic (exact) mass is 275 g/mol. The second-order valence-corrected chi connectivity index (χ2v) is 6.97. The Morgan fingerprint density at radius 1 is 1.21 bits per heavy atom. The van der Waals surface area contributed by atoms with Gasteiger partial charge in [0, 0.05) is 15.7 Å². The van der Waals surface area contributed by atoms with E-state index in [2.05, 4.69) is 49.4 Å². The zero-order chi connectivity index (χ0) is 13.9. The van der Waals surface area contributed by atoms with Gasteiger partial charge in [-0.2, -0.15) is 0 Å². The van der Waals surface area contributed by atoms with Gasteiger partial charge in [-0.1, -0.05) is 37.3 Å². The van der Waals surface area contributed by atoms with Gasteiger partial charge in [0.05, 0.1) is 6.61 Å².